The zero-order valence-corrected chi connectivity index (χ0v) is 10.9. The van der Waals surface area contributed by atoms with E-state index in [1.807, 2.05) is 41.8 Å². The Kier molecular flexibility index (Phi) is 4.54. The summed E-state index contributed by atoms with van der Waals surface area (Å²) in [5.41, 5.74) is 10.2. The molecule has 19 heavy (non-hydrogen) atoms. The number of aliphatic hydroxyl groups excluding tert-OH is 2. The van der Waals surface area contributed by atoms with Crippen LogP contribution in [0.5, 0.6) is 0 Å². The van der Waals surface area contributed by atoms with Crippen molar-refractivity contribution < 1.29 is 10.2 Å². The van der Waals surface area contributed by atoms with Gasteiger partial charge in [0.15, 0.2) is 0 Å². The van der Waals surface area contributed by atoms with Gasteiger partial charge in [0.2, 0.25) is 0 Å². The molecule has 0 radical (unpaired) electrons. The van der Waals surface area contributed by atoms with Crippen LogP contribution in [0.1, 0.15) is 11.0 Å². The van der Waals surface area contributed by atoms with Gasteiger partial charge in [-0.3, -0.25) is 0 Å². The highest BCUT2D eigenvalue weighted by Gasteiger charge is 2.19. The molecule has 0 fully saturated rings. The largest absolute Gasteiger partial charge is 0.390 e. The van der Waals surface area contributed by atoms with Crippen LogP contribution in [0, 0.1) is 0 Å². The second kappa shape index (κ2) is 6.36. The average molecular weight is 275 g/mol. The molecule has 0 saturated heterocycles. The summed E-state index contributed by atoms with van der Waals surface area (Å²) in [6.07, 6.45) is -2.12. The lowest BCUT2D eigenvalue weighted by molar-refractivity contribution is 0.0266. The van der Waals surface area contributed by atoms with Gasteiger partial charge in [-0.1, -0.05) is 35.4 Å². The Morgan fingerprint density at radius 1 is 1.21 bits per heavy atom. The van der Waals surface area contributed by atoms with Crippen LogP contribution in [0.25, 0.3) is 21.6 Å². The molecule has 2 rings (SSSR count). The summed E-state index contributed by atoms with van der Waals surface area (Å²) in [5, 5.41) is 24.8. The normalized spacial score (nSPS) is 13.6. The minimum Gasteiger partial charge on any atom is -0.390 e. The van der Waals surface area contributed by atoms with Gasteiger partial charge in [0.25, 0.3) is 0 Å². The van der Waals surface area contributed by atoms with Crippen molar-refractivity contribution in [1.29, 1.82) is 0 Å². The van der Waals surface area contributed by atoms with Gasteiger partial charge in [-0.15, -0.1) is 11.3 Å². The molecule has 2 atom stereocenters. The van der Waals surface area contributed by atoms with Crippen molar-refractivity contribution >= 4 is 11.3 Å². The Hall–Kier alpha value is -1.85. The molecule has 0 aliphatic carbocycles. The molecule has 1 aromatic heterocycles. The number of benzene rings is 1. The molecule has 0 saturated carbocycles. The van der Waals surface area contributed by atoms with Crippen LogP contribution in [0.3, 0.4) is 0 Å². The summed E-state index contributed by atoms with van der Waals surface area (Å²) in [6, 6.07) is 11.6. The maximum absolute atomic E-state index is 9.95. The summed E-state index contributed by atoms with van der Waals surface area (Å²) in [5.74, 6) is 0. The maximum Gasteiger partial charge on any atom is 0.114 e. The zero-order chi connectivity index (χ0) is 13.7. The van der Waals surface area contributed by atoms with Gasteiger partial charge in [0, 0.05) is 9.79 Å². The van der Waals surface area contributed by atoms with Gasteiger partial charge in [0.05, 0.1) is 12.6 Å². The quantitative estimate of drug-likeness (QED) is 0.498. The van der Waals surface area contributed by atoms with Crippen molar-refractivity contribution in [2.45, 2.75) is 12.2 Å². The summed E-state index contributed by atoms with van der Waals surface area (Å²) in [4.78, 5) is 3.21. The lowest BCUT2D eigenvalue weighted by Gasteiger charge is -2.13. The lowest BCUT2D eigenvalue weighted by atomic mass is 10.1. The fourth-order valence-corrected chi connectivity index (χ4v) is 2.66. The molecule has 6 heteroatoms. The third-order valence-electron chi connectivity index (χ3n) is 2.71. The number of hydrogen-bond acceptors (Lipinski definition) is 4. The van der Waals surface area contributed by atoms with E-state index >= 15 is 0 Å². The predicted molar refractivity (Wildman–Crippen MR) is 74.7 cm³/mol. The Morgan fingerprint density at radius 2 is 1.95 bits per heavy atom. The highest BCUT2D eigenvalue weighted by molar-refractivity contribution is 7.10. The summed E-state index contributed by atoms with van der Waals surface area (Å²) in [7, 11) is 0. The Morgan fingerprint density at radius 3 is 2.63 bits per heavy atom. The molecule has 1 aromatic carbocycles. The van der Waals surface area contributed by atoms with Crippen LogP contribution in [-0.2, 0) is 0 Å². The Balaban J connectivity index is 2.15. The molecular weight excluding hydrogens is 262 g/mol. The van der Waals surface area contributed by atoms with Crippen molar-refractivity contribution in [2.24, 2.45) is 5.11 Å². The highest BCUT2D eigenvalue weighted by atomic mass is 32.1. The molecule has 5 nitrogen and oxygen atoms in total. The first-order valence-electron chi connectivity index (χ1n) is 5.73. The third-order valence-corrected chi connectivity index (χ3v) is 3.72. The molecule has 0 amide bonds. The van der Waals surface area contributed by atoms with Crippen molar-refractivity contribution in [3.05, 3.63) is 57.1 Å². The summed E-state index contributed by atoms with van der Waals surface area (Å²) < 4.78 is 0. The number of rotatable bonds is 5. The van der Waals surface area contributed by atoms with Crippen LogP contribution in [-0.4, -0.2) is 22.9 Å². The van der Waals surface area contributed by atoms with Gasteiger partial charge in [-0.05, 0) is 28.1 Å². The van der Waals surface area contributed by atoms with E-state index in [-0.39, 0.29) is 6.54 Å². The smallest absolute Gasteiger partial charge is 0.114 e. The Labute approximate surface area is 114 Å². The molecule has 0 bridgehead atoms. The zero-order valence-electron chi connectivity index (χ0n) is 10.0. The first kappa shape index (κ1) is 13.6. The van der Waals surface area contributed by atoms with E-state index in [1.165, 1.54) is 11.3 Å². The van der Waals surface area contributed by atoms with E-state index in [9.17, 15) is 10.2 Å². The van der Waals surface area contributed by atoms with E-state index in [0.717, 1.165) is 11.1 Å². The molecule has 0 spiro atoms. The fraction of sp³-hybridized carbons (Fsp3) is 0.231. The van der Waals surface area contributed by atoms with E-state index in [4.69, 9.17) is 5.53 Å². The van der Waals surface area contributed by atoms with Crippen molar-refractivity contribution in [2.75, 3.05) is 6.54 Å². The van der Waals surface area contributed by atoms with Crippen molar-refractivity contribution in [3.63, 3.8) is 0 Å². The van der Waals surface area contributed by atoms with E-state index in [1.54, 1.807) is 0 Å². The minimum absolute atomic E-state index is 0.143. The SMILES string of the molecule is [N-]=[N+]=NCC(O)C(O)c1cc(-c2ccccc2)cs1. The third kappa shape index (κ3) is 3.33. The van der Waals surface area contributed by atoms with Crippen molar-refractivity contribution in [1.82, 2.24) is 0 Å². The predicted octanol–water partition coefficient (Wildman–Crippen LogP) is 3.12. The number of azide groups is 1. The van der Waals surface area contributed by atoms with Crippen LogP contribution >= 0.6 is 11.3 Å². The van der Waals surface area contributed by atoms with Gasteiger partial charge in [0.1, 0.15) is 6.10 Å². The standard InChI is InChI=1S/C13H13N3O2S/c14-16-15-7-11(17)13(18)12-6-10(8-19-12)9-4-2-1-3-5-9/h1-6,8,11,13,17-18H,7H2. The average Bonchev–Trinajstić information content (AvgIpc) is 2.94. The molecule has 0 aliphatic heterocycles. The first-order valence-corrected chi connectivity index (χ1v) is 6.61. The maximum atomic E-state index is 9.95. The summed E-state index contributed by atoms with van der Waals surface area (Å²) >= 11 is 1.37. The number of thiophene rings is 1. The van der Waals surface area contributed by atoms with Crippen LogP contribution < -0.4 is 0 Å². The number of hydrogen-bond donors (Lipinski definition) is 2. The topological polar surface area (TPSA) is 89.2 Å². The molecule has 0 aliphatic rings. The van der Waals surface area contributed by atoms with E-state index in [0.29, 0.717) is 4.88 Å². The van der Waals surface area contributed by atoms with Gasteiger partial charge >= 0.3 is 0 Å². The van der Waals surface area contributed by atoms with Crippen LogP contribution in [0.4, 0.5) is 0 Å². The number of aliphatic hydroxyl groups is 2. The molecule has 1 heterocycles. The highest BCUT2D eigenvalue weighted by Crippen LogP contribution is 2.30. The molecular formula is C13H13N3O2S. The van der Waals surface area contributed by atoms with E-state index < -0.39 is 12.2 Å². The molecule has 2 unspecified atom stereocenters. The van der Waals surface area contributed by atoms with E-state index in [2.05, 4.69) is 10.0 Å². The van der Waals surface area contributed by atoms with Gasteiger partial charge in [-0.2, -0.15) is 0 Å². The second-order valence-electron chi connectivity index (χ2n) is 4.03. The Bertz CT molecular complexity index is 579. The summed E-state index contributed by atoms with van der Waals surface area (Å²) in [6.45, 7) is -0.143. The first-order chi connectivity index (χ1) is 9.22. The minimum atomic E-state index is -1.09. The molecule has 2 aromatic rings. The second-order valence-corrected chi connectivity index (χ2v) is 4.97. The molecule has 98 valence electrons. The van der Waals surface area contributed by atoms with Gasteiger partial charge in [-0.25, -0.2) is 0 Å². The fourth-order valence-electron chi connectivity index (χ4n) is 1.70. The van der Waals surface area contributed by atoms with Gasteiger partial charge < -0.3 is 10.2 Å². The van der Waals surface area contributed by atoms with Crippen molar-refractivity contribution in [3.8, 4) is 11.1 Å². The monoisotopic (exact) mass is 275 g/mol. The molecule has 2 N–H and O–H groups in total. The van der Waals surface area contributed by atoms with Crippen LogP contribution in [0.15, 0.2) is 46.9 Å². The number of nitrogens with zero attached hydrogens (tertiary/aromatic N) is 3. The lowest BCUT2D eigenvalue weighted by Crippen LogP contribution is -2.20. The van der Waals surface area contributed by atoms with Crippen LogP contribution in [0.2, 0.25) is 0 Å².